The van der Waals surface area contributed by atoms with E-state index in [0.29, 0.717) is 22.6 Å². The lowest BCUT2D eigenvalue weighted by atomic mass is 9.88. The van der Waals surface area contributed by atoms with Crippen molar-refractivity contribution in [2.75, 3.05) is 6.61 Å². The number of aromatic amines is 1. The van der Waals surface area contributed by atoms with Crippen LogP contribution in [0.3, 0.4) is 0 Å². The third-order valence-corrected chi connectivity index (χ3v) is 7.79. The van der Waals surface area contributed by atoms with E-state index in [2.05, 4.69) is 14.9 Å². The molecule has 2 heterocycles. The molecule has 0 aliphatic carbocycles. The molecule has 3 N–H and O–H groups in total. The van der Waals surface area contributed by atoms with Gasteiger partial charge in [0, 0.05) is 24.0 Å². The molecule has 182 valence electrons. The van der Waals surface area contributed by atoms with Crippen LogP contribution in [0.1, 0.15) is 60.4 Å². The van der Waals surface area contributed by atoms with Crippen LogP contribution in [0.15, 0.2) is 38.4 Å². The lowest BCUT2D eigenvalue weighted by Crippen LogP contribution is -2.35. The van der Waals surface area contributed by atoms with Gasteiger partial charge < -0.3 is 18.8 Å². The second-order valence-corrected chi connectivity index (χ2v) is 10.2. The molecule has 0 fully saturated rings. The molecule has 3 aromatic rings. The van der Waals surface area contributed by atoms with E-state index in [1.165, 1.54) is 18.2 Å². The van der Waals surface area contributed by atoms with Gasteiger partial charge in [-0.2, -0.15) is 0 Å². The normalized spacial score (nSPS) is 20.4. The summed E-state index contributed by atoms with van der Waals surface area (Å²) in [6.07, 6.45) is 0.327. The van der Waals surface area contributed by atoms with Gasteiger partial charge in [-0.3, -0.25) is 0 Å². The highest BCUT2D eigenvalue weighted by atomic mass is 35.5. The number of aromatic nitrogens is 2. The number of nitrogens with one attached hydrogen (secondary N) is 2. The molecule has 4 unspecified atom stereocenters. The van der Waals surface area contributed by atoms with Crippen LogP contribution in [0.25, 0.3) is 0 Å². The number of fused-ring (bicyclic) bond motifs is 1. The summed E-state index contributed by atoms with van der Waals surface area (Å²) in [5.41, 5.74) is 1.09. The number of aryl methyl sites for hydroxylation is 1. The zero-order valence-corrected chi connectivity index (χ0v) is 20.6. The van der Waals surface area contributed by atoms with Crippen molar-refractivity contribution in [2.45, 2.75) is 56.6 Å². The Morgan fingerprint density at radius 3 is 2.76 bits per heavy atom. The van der Waals surface area contributed by atoms with Crippen molar-refractivity contribution in [1.29, 1.82) is 0 Å². The minimum absolute atomic E-state index is 0.0677. The Morgan fingerprint density at radius 2 is 2.09 bits per heavy atom. The monoisotopic (exact) mass is 509 g/mol. The number of aliphatic hydroxyl groups is 1. The van der Waals surface area contributed by atoms with Gasteiger partial charge in [-0.15, -0.1) is 9.82 Å². The van der Waals surface area contributed by atoms with Crippen molar-refractivity contribution in [3.8, 4) is 5.75 Å². The van der Waals surface area contributed by atoms with Crippen LogP contribution in [0, 0.1) is 19.7 Å². The Hall–Kier alpha value is -2.37. The molecular formula is C23H25ClFN3O5S. The highest BCUT2D eigenvalue weighted by molar-refractivity contribution is 7.89. The molecule has 0 bridgehead atoms. The fraction of sp³-hybridized carbons (Fsp3) is 0.391. The van der Waals surface area contributed by atoms with E-state index >= 15 is 0 Å². The van der Waals surface area contributed by atoms with E-state index in [-0.39, 0.29) is 23.1 Å². The van der Waals surface area contributed by atoms with Crippen LogP contribution in [0.4, 0.5) is 4.39 Å². The molecular weight excluding hydrogens is 485 g/mol. The van der Waals surface area contributed by atoms with Gasteiger partial charge in [-0.05, 0) is 49.6 Å². The first-order valence-corrected chi connectivity index (χ1v) is 12.2. The summed E-state index contributed by atoms with van der Waals surface area (Å²) in [7, 11) is 0. The Labute approximate surface area is 203 Å². The van der Waals surface area contributed by atoms with Gasteiger partial charge >= 0.3 is 5.76 Å². The molecule has 0 amide bonds. The van der Waals surface area contributed by atoms with Crippen molar-refractivity contribution in [2.24, 2.45) is 0 Å². The molecule has 0 saturated heterocycles. The van der Waals surface area contributed by atoms with Gasteiger partial charge in [0.25, 0.3) is 0 Å². The zero-order valence-electron chi connectivity index (χ0n) is 19.1. The van der Waals surface area contributed by atoms with E-state index in [9.17, 15) is 18.8 Å². The highest BCUT2D eigenvalue weighted by Gasteiger charge is 2.40. The fourth-order valence-electron chi connectivity index (χ4n) is 4.26. The molecule has 2 aromatic carbocycles. The lowest BCUT2D eigenvalue weighted by Gasteiger charge is -2.33. The Kier molecular flexibility index (Phi) is 6.80. The Bertz CT molecular complexity index is 1280. The molecule has 4 rings (SSSR count). The van der Waals surface area contributed by atoms with Gasteiger partial charge in [-0.1, -0.05) is 24.6 Å². The summed E-state index contributed by atoms with van der Waals surface area (Å²) in [5, 5.41) is 17.2. The average molecular weight is 510 g/mol. The van der Waals surface area contributed by atoms with Crippen LogP contribution in [0.2, 0.25) is 5.02 Å². The number of hydrogen-bond acceptors (Lipinski definition) is 7. The smallest absolute Gasteiger partial charge is 0.434 e. The summed E-state index contributed by atoms with van der Waals surface area (Å²) in [6, 6.07) is 5.18. The number of halogens is 2. The van der Waals surface area contributed by atoms with E-state index < -0.39 is 40.5 Å². The van der Waals surface area contributed by atoms with Crippen molar-refractivity contribution in [1.82, 2.24) is 14.9 Å². The minimum Gasteiger partial charge on any atom is -0.593 e. The topological polar surface area (TPSA) is 123 Å². The molecule has 11 heteroatoms. The van der Waals surface area contributed by atoms with E-state index in [1.807, 2.05) is 6.92 Å². The summed E-state index contributed by atoms with van der Waals surface area (Å²) < 4.78 is 42.3. The third kappa shape index (κ3) is 4.48. The van der Waals surface area contributed by atoms with Crippen LogP contribution in [0.5, 0.6) is 5.75 Å². The van der Waals surface area contributed by atoms with Crippen molar-refractivity contribution < 1.29 is 23.2 Å². The molecule has 1 aliphatic rings. The number of nitrogens with zero attached hydrogens (tertiary/aromatic N) is 1. The van der Waals surface area contributed by atoms with Gasteiger partial charge in [0.05, 0.1) is 28.6 Å². The number of rotatable bonds is 6. The first-order valence-electron chi connectivity index (χ1n) is 10.7. The molecule has 0 radical (unpaired) electrons. The summed E-state index contributed by atoms with van der Waals surface area (Å²) in [4.78, 5) is 11.9. The number of H-pyrrole nitrogens is 1. The first-order chi connectivity index (χ1) is 16.0. The number of ether oxygens (including phenoxy) is 1. The van der Waals surface area contributed by atoms with Crippen LogP contribution >= 0.6 is 11.6 Å². The molecule has 4 atom stereocenters. The maximum absolute atomic E-state index is 14.9. The number of hydrogen-bond donors (Lipinski definition) is 3. The maximum Gasteiger partial charge on any atom is 0.434 e. The van der Waals surface area contributed by atoms with Gasteiger partial charge in [0.15, 0.2) is 5.75 Å². The average Bonchev–Trinajstić information content (AvgIpc) is 3.20. The highest BCUT2D eigenvalue weighted by Crippen LogP contribution is 2.45. The second-order valence-electron chi connectivity index (χ2n) is 8.63. The van der Waals surface area contributed by atoms with Gasteiger partial charge in [0.2, 0.25) is 10.8 Å². The fourth-order valence-corrected chi connectivity index (χ4v) is 5.79. The van der Waals surface area contributed by atoms with Gasteiger partial charge in [0.1, 0.15) is 11.9 Å². The molecule has 1 aromatic heterocycles. The minimum atomic E-state index is -1.93. The predicted molar refractivity (Wildman–Crippen MR) is 125 cm³/mol. The Balaban J connectivity index is 1.76. The predicted octanol–water partition coefficient (Wildman–Crippen LogP) is 3.92. The summed E-state index contributed by atoms with van der Waals surface area (Å²) in [6.45, 7) is 7.22. The van der Waals surface area contributed by atoms with Crippen molar-refractivity contribution in [3.05, 3.63) is 73.8 Å². The maximum atomic E-state index is 14.9. The SMILES string of the molecule is Cc1ccc(F)c(C(C)C(N[S+]([O-])c2ccc(Cl)c3c2OCCC3(C)O)c2n[nH]c(=O)o2)c1C. The standard InChI is InChI=1S/C23H25ClFN3O5S/c1-11-5-7-15(25)17(12(11)2)13(3)19(21-26-27-22(29)33-21)28-34(31)16-8-6-14(24)18-20(16)32-10-9-23(18,4)30/h5-8,13,19,28,30H,9-10H2,1-4H3,(H,27,29). The van der Waals surface area contributed by atoms with Gasteiger partial charge in [-0.25, -0.2) is 14.3 Å². The largest absolute Gasteiger partial charge is 0.593 e. The van der Waals surface area contributed by atoms with Crippen molar-refractivity contribution in [3.63, 3.8) is 0 Å². The zero-order chi connectivity index (χ0) is 24.8. The molecule has 0 spiro atoms. The quantitative estimate of drug-likeness (QED) is 0.430. The van der Waals surface area contributed by atoms with E-state index in [0.717, 1.165) is 11.1 Å². The first kappa shape index (κ1) is 24.7. The van der Waals surface area contributed by atoms with E-state index in [1.54, 1.807) is 26.8 Å². The molecule has 1 aliphatic heterocycles. The van der Waals surface area contributed by atoms with Crippen LogP contribution in [-0.2, 0) is 17.0 Å². The van der Waals surface area contributed by atoms with Crippen molar-refractivity contribution >= 4 is 23.0 Å². The van der Waals surface area contributed by atoms with Crippen LogP contribution < -0.4 is 15.2 Å². The molecule has 8 nitrogen and oxygen atoms in total. The molecule has 0 saturated carbocycles. The summed E-state index contributed by atoms with van der Waals surface area (Å²) >= 11 is 4.39. The third-order valence-electron chi connectivity index (χ3n) is 6.29. The lowest BCUT2D eigenvalue weighted by molar-refractivity contribution is 0.0135. The summed E-state index contributed by atoms with van der Waals surface area (Å²) in [5.74, 6) is -1.69. The number of benzene rings is 2. The van der Waals surface area contributed by atoms with E-state index in [4.69, 9.17) is 20.8 Å². The second kappa shape index (κ2) is 9.35. The Morgan fingerprint density at radius 1 is 1.35 bits per heavy atom. The van der Waals surface area contributed by atoms with Crippen LogP contribution in [-0.4, -0.2) is 26.5 Å². The molecule has 34 heavy (non-hydrogen) atoms.